The molecule has 1 aromatic rings. The molecule has 2 aliphatic rings. The molecule has 2 atom stereocenters. The lowest BCUT2D eigenvalue weighted by molar-refractivity contribution is 0.0919. The average Bonchev–Trinajstić information content (AvgIpc) is 2.32. The van der Waals surface area contributed by atoms with Crippen molar-refractivity contribution in [3.8, 4) is 0 Å². The van der Waals surface area contributed by atoms with Crippen LogP contribution in [-0.2, 0) is 0 Å². The minimum Gasteiger partial charge on any atom is -0.294 e. The molecule has 3 rings (SSSR count). The SMILES string of the molecule is Cc1cc2c(cc1C)C1CCCCC1CC2=O. The standard InChI is InChI=1S/C16H20O/c1-10-7-14-13-6-4-3-5-12(13)9-16(17)15(14)8-11(10)2/h7-8,12-13H,3-6,9H2,1-2H3. The lowest BCUT2D eigenvalue weighted by atomic mass is 9.67. The van der Waals surface area contributed by atoms with Crippen molar-refractivity contribution in [1.29, 1.82) is 0 Å². The summed E-state index contributed by atoms with van der Waals surface area (Å²) in [6, 6.07) is 4.41. The van der Waals surface area contributed by atoms with Gasteiger partial charge in [-0.25, -0.2) is 0 Å². The van der Waals surface area contributed by atoms with Gasteiger partial charge in [0.15, 0.2) is 5.78 Å². The van der Waals surface area contributed by atoms with Gasteiger partial charge in [-0.1, -0.05) is 18.9 Å². The molecule has 1 saturated carbocycles. The van der Waals surface area contributed by atoms with Gasteiger partial charge >= 0.3 is 0 Å². The normalized spacial score (nSPS) is 27.5. The van der Waals surface area contributed by atoms with E-state index < -0.39 is 0 Å². The van der Waals surface area contributed by atoms with Crippen molar-refractivity contribution in [2.75, 3.05) is 0 Å². The summed E-state index contributed by atoms with van der Waals surface area (Å²) in [4.78, 5) is 12.2. The molecule has 0 aromatic heterocycles. The number of rotatable bonds is 0. The zero-order valence-corrected chi connectivity index (χ0v) is 10.8. The topological polar surface area (TPSA) is 17.1 Å². The Balaban J connectivity index is 2.12. The molecule has 1 fully saturated rings. The summed E-state index contributed by atoms with van der Waals surface area (Å²) in [6.45, 7) is 4.27. The van der Waals surface area contributed by atoms with Crippen molar-refractivity contribution >= 4 is 5.78 Å². The van der Waals surface area contributed by atoms with Crippen molar-refractivity contribution in [1.82, 2.24) is 0 Å². The van der Waals surface area contributed by atoms with E-state index in [0.29, 0.717) is 17.6 Å². The van der Waals surface area contributed by atoms with Gasteiger partial charge in [0.05, 0.1) is 0 Å². The lowest BCUT2D eigenvalue weighted by Crippen LogP contribution is -2.28. The van der Waals surface area contributed by atoms with Crippen LogP contribution in [-0.4, -0.2) is 5.78 Å². The van der Waals surface area contributed by atoms with E-state index in [2.05, 4.69) is 26.0 Å². The van der Waals surface area contributed by atoms with Crippen LogP contribution in [0.5, 0.6) is 0 Å². The van der Waals surface area contributed by atoms with Crippen LogP contribution < -0.4 is 0 Å². The van der Waals surface area contributed by atoms with E-state index in [9.17, 15) is 4.79 Å². The van der Waals surface area contributed by atoms with Gasteiger partial charge in [-0.2, -0.15) is 0 Å². The molecule has 1 aromatic carbocycles. The number of ketones is 1. The summed E-state index contributed by atoms with van der Waals surface area (Å²) in [7, 11) is 0. The van der Waals surface area contributed by atoms with E-state index in [1.807, 2.05) is 0 Å². The molecule has 0 spiro atoms. The van der Waals surface area contributed by atoms with Gasteiger partial charge in [0.25, 0.3) is 0 Å². The lowest BCUT2D eigenvalue weighted by Gasteiger charge is -2.36. The summed E-state index contributed by atoms with van der Waals surface area (Å²) >= 11 is 0. The molecule has 0 aliphatic heterocycles. The highest BCUT2D eigenvalue weighted by atomic mass is 16.1. The monoisotopic (exact) mass is 228 g/mol. The third-order valence-corrected chi connectivity index (χ3v) is 4.72. The molecule has 2 unspecified atom stereocenters. The first-order chi connectivity index (χ1) is 8.16. The van der Waals surface area contributed by atoms with Crippen molar-refractivity contribution in [3.63, 3.8) is 0 Å². The van der Waals surface area contributed by atoms with Gasteiger partial charge in [-0.3, -0.25) is 4.79 Å². The Morgan fingerprint density at radius 1 is 1.06 bits per heavy atom. The Hall–Kier alpha value is -1.11. The average molecular weight is 228 g/mol. The van der Waals surface area contributed by atoms with E-state index >= 15 is 0 Å². The minimum absolute atomic E-state index is 0.381. The summed E-state index contributed by atoms with van der Waals surface area (Å²) in [5.74, 6) is 1.67. The van der Waals surface area contributed by atoms with Crippen molar-refractivity contribution < 1.29 is 4.79 Å². The van der Waals surface area contributed by atoms with E-state index in [0.717, 1.165) is 12.0 Å². The number of carbonyl (C=O) groups excluding carboxylic acids is 1. The first-order valence-corrected chi connectivity index (χ1v) is 6.81. The van der Waals surface area contributed by atoms with Gasteiger partial charge < -0.3 is 0 Å². The Labute approximate surface area is 103 Å². The van der Waals surface area contributed by atoms with E-state index in [4.69, 9.17) is 0 Å². The largest absolute Gasteiger partial charge is 0.294 e. The fourth-order valence-corrected chi connectivity index (χ4v) is 3.60. The highest BCUT2D eigenvalue weighted by molar-refractivity contribution is 5.99. The number of aryl methyl sites for hydroxylation is 2. The number of Topliss-reactive ketones (excluding diaryl/α,β-unsaturated/α-hetero) is 1. The van der Waals surface area contributed by atoms with E-state index in [1.54, 1.807) is 0 Å². The van der Waals surface area contributed by atoms with Crippen LogP contribution in [0.4, 0.5) is 0 Å². The molecule has 1 heteroatoms. The second kappa shape index (κ2) is 3.97. The highest BCUT2D eigenvalue weighted by Crippen LogP contribution is 2.45. The predicted octanol–water partition coefficient (Wildman–Crippen LogP) is 4.16. The molecule has 1 nitrogen and oxygen atoms in total. The van der Waals surface area contributed by atoms with Crippen LogP contribution in [0.3, 0.4) is 0 Å². The first-order valence-electron chi connectivity index (χ1n) is 6.81. The fraction of sp³-hybridized carbons (Fsp3) is 0.562. The number of hydrogen-bond acceptors (Lipinski definition) is 1. The van der Waals surface area contributed by atoms with E-state index in [1.165, 1.54) is 42.4 Å². The van der Waals surface area contributed by atoms with Crippen molar-refractivity contribution in [2.24, 2.45) is 5.92 Å². The molecule has 0 N–H and O–H groups in total. The maximum absolute atomic E-state index is 12.2. The summed E-state index contributed by atoms with van der Waals surface area (Å²) < 4.78 is 0. The van der Waals surface area contributed by atoms with Gasteiger partial charge in [-0.05, 0) is 61.3 Å². The minimum atomic E-state index is 0.381. The van der Waals surface area contributed by atoms with Crippen LogP contribution in [0, 0.1) is 19.8 Å². The van der Waals surface area contributed by atoms with Crippen LogP contribution in [0.2, 0.25) is 0 Å². The van der Waals surface area contributed by atoms with Crippen LogP contribution in [0.15, 0.2) is 12.1 Å². The Morgan fingerprint density at radius 3 is 2.59 bits per heavy atom. The molecular weight excluding hydrogens is 208 g/mol. The molecule has 0 amide bonds. The van der Waals surface area contributed by atoms with Crippen molar-refractivity contribution in [3.05, 3.63) is 34.4 Å². The molecule has 0 bridgehead atoms. The van der Waals surface area contributed by atoms with Gasteiger partial charge in [0, 0.05) is 12.0 Å². The third-order valence-electron chi connectivity index (χ3n) is 4.72. The molecule has 0 heterocycles. The zero-order valence-electron chi connectivity index (χ0n) is 10.8. The molecule has 2 aliphatic carbocycles. The maximum atomic E-state index is 12.2. The number of fused-ring (bicyclic) bond motifs is 3. The molecule has 90 valence electrons. The maximum Gasteiger partial charge on any atom is 0.163 e. The number of carbonyl (C=O) groups is 1. The second-order valence-corrected chi connectivity index (χ2v) is 5.80. The smallest absolute Gasteiger partial charge is 0.163 e. The van der Waals surface area contributed by atoms with Gasteiger partial charge in [0.1, 0.15) is 0 Å². The molecule has 17 heavy (non-hydrogen) atoms. The fourth-order valence-electron chi connectivity index (χ4n) is 3.60. The molecular formula is C16H20O. The van der Waals surface area contributed by atoms with Crippen LogP contribution >= 0.6 is 0 Å². The summed E-state index contributed by atoms with van der Waals surface area (Å²) in [5, 5.41) is 0. The zero-order chi connectivity index (χ0) is 12.0. The Kier molecular flexibility index (Phi) is 2.57. The Morgan fingerprint density at radius 2 is 1.76 bits per heavy atom. The summed E-state index contributed by atoms with van der Waals surface area (Å²) in [5.41, 5.74) is 4.97. The quantitative estimate of drug-likeness (QED) is 0.651. The van der Waals surface area contributed by atoms with Crippen molar-refractivity contribution in [2.45, 2.75) is 51.9 Å². The Bertz CT molecular complexity index is 473. The van der Waals surface area contributed by atoms with Gasteiger partial charge in [-0.15, -0.1) is 0 Å². The first kappa shape index (κ1) is 11.0. The summed E-state index contributed by atoms with van der Waals surface area (Å²) in [6.07, 6.45) is 5.98. The van der Waals surface area contributed by atoms with E-state index in [-0.39, 0.29) is 0 Å². The number of benzene rings is 1. The second-order valence-electron chi connectivity index (χ2n) is 5.80. The third kappa shape index (κ3) is 1.72. The highest BCUT2D eigenvalue weighted by Gasteiger charge is 2.35. The van der Waals surface area contributed by atoms with Gasteiger partial charge in [0.2, 0.25) is 0 Å². The van der Waals surface area contributed by atoms with Crippen LogP contribution in [0.1, 0.15) is 65.1 Å². The molecule has 0 saturated heterocycles. The number of hydrogen-bond donors (Lipinski definition) is 0. The predicted molar refractivity (Wildman–Crippen MR) is 69.6 cm³/mol. The van der Waals surface area contributed by atoms with Crippen LogP contribution in [0.25, 0.3) is 0 Å². The molecule has 0 radical (unpaired) electrons.